The lowest BCUT2D eigenvalue weighted by Gasteiger charge is -2.39. The Morgan fingerprint density at radius 2 is 2.00 bits per heavy atom. The molecule has 2 unspecified atom stereocenters. The van der Waals surface area contributed by atoms with E-state index in [0.717, 1.165) is 40.8 Å². The highest BCUT2D eigenvalue weighted by Crippen LogP contribution is 2.52. The number of aryl methyl sites for hydroxylation is 2. The summed E-state index contributed by atoms with van der Waals surface area (Å²) in [6, 6.07) is 2.39. The average Bonchev–Trinajstić information content (AvgIpc) is 2.91. The van der Waals surface area contributed by atoms with Crippen molar-refractivity contribution in [3.8, 4) is 0 Å². The van der Waals surface area contributed by atoms with Crippen LogP contribution < -0.4 is 0 Å². The quantitative estimate of drug-likeness (QED) is 0.688. The third-order valence-corrected chi connectivity index (χ3v) is 6.36. The third-order valence-electron chi connectivity index (χ3n) is 5.92. The Balaban J connectivity index is 1.78. The number of carbonyl (C=O) groups is 1. The van der Waals surface area contributed by atoms with Crippen LogP contribution in [0.2, 0.25) is 0 Å². The van der Waals surface area contributed by atoms with E-state index in [1.165, 1.54) is 6.42 Å². The third kappa shape index (κ3) is 2.71. The number of pyridine rings is 1. The summed E-state index contributed by atoms with van der Waals surface area (Å²) in [5.41, 5.74) is 4.03. The average molecular weight is 404 g/mol. The van der Waals surface area contributed by atoms with Gasteiger partial charge in [-0.25, -0.2) is 4.98 Å². The maximum absolute atomic E-state index is 13.5. The molecule has 1 saturated heterocycles. The number of nitrogens with zero attached hydrogens (tertiary/aromatic N) is 3. The highest BCUT2D eigenvalue weighted by molar-refractivity contribution is 9.10. The van der Waals surface area contributed by atoms with Crippen molar-refractivity contribution in [3.05, 3.63) is 33.7 Å². The first-order valence-electron chi connectivity index (χ1n) is 9.04. The zero-order chi connectivity index (χ0) is 18.1. The molecule has 25 heavy (non-hydrogen) atoms. The Hall–Kier alpha value is -1.36. The van der Waals surface area contributed by atoms with Crippen LogP contribution in [-0.2, 0) is 0 Å². The van der Waals surface area contributed by atoms with Gasteiger partial charge >= 0.3 is 0 Å². The number of hydrogen-bond acceptors (Lipinski definition) is 2. The fourth-order valence-corrected chi connectivity index (χ4v) is 6.02. The summed E-state index contributed by atoms with van der Waals surface area (Å²) >= 11 is 3.55. The van der Waals surface area contributed by atoms with Gasteiger partial charge in [0.1, 0.15) is 11.3 Å². The van der Waals surface area contributed by atoms with Gasteiger partial charge in [-0.2, -0.15) is 0 Å². The topological polar surface area (TPSA) is 37.6 Å². The predicted octanol–water partition coefficient (Wildman–Crippen LogP) is 4.75. The van der Waals surface area contributed by atoms with E-state index >= 15 is 0 Å². The van der Waals surface area contributed by atoms with Crippen molar-refractivity contribution in [2.45, 2.75) is 59.9 Å². The summed E-state index contributed by atoms with van der Waals surface area (Å²) in [4.78, 5) is 20.3. The second-order valence-electron chi connectivity index (χ2n) is 9.23. The van der Waals surface area contributed by atoms with Crippen LogP contribution in [0.15, 0.2) is 16.7 Å². The van der Waals surface area contributed by atoms with E-state index in [-0.39, 0.29) is 11.3 Å². The first-order chi connectivity index (χ1) is 11.6. The van der Waals surface area contributed by atoms with Crippen molar-refractivity contribution < 1.29 is 4.79 Å². The Morgan fingerprint density at radius 3 is 2.72 bits per heavy atom. The van der Waals surface area contributed by atoms with Gasteiger partial charge in [0.25, 0.3) is 5.91 Å². The largest absolute Gasteiger partial charge is 0.334 e. The Bertz CT molecular complexity index is 885. The number of amides is 1. The fourth-order valence-electron chi connectivity index (χ4n) is 5.47. The van der Waals surface area contributed by atoms with Gasteiger partial charge in [0.2, 0.25) is 0 Å². The number of imidazole rings is 1. The van der Waals surface area contributed by atoms with Crippen LogP contribution in [0, 0.1) is 24.7 Å². The number of halogens is 1. The van der Waals surface area contributed by atoms with E-state index in [1.54, 1.807) is 0 Å². The van der Waals surface area contributed by atoms with Gasteiger partial charge in [0, 0.05) is 23.3 Å². The monoisotopic (exact) mass is 403 g/mol. The van der Waals surface area contributed by atoms with Crippen LogP contribution in [0.5, 0.6) is 0 Å². The molecule has 4 rings (SSSR count). The van der Waals surface area contributed by atoms with Gasteiger partial charge in [-0.05, 0) is 71.5 Å². The first kappa shape index (κ1) is 17.1. The standard InChI is InChI=1S/C20H26BrN3O/c1-12-6-14(21)9-23-16(13(2)22-17(12)23)18(25)24-11-20(5)8-15(24)7-19(3,4)10-20/h6,9,15H,7-8,10-11H2,1-5H3. The van der Waals surface area contributed by atoms with Crippen molar-refractivity contribution in [3.63, 3.8) is 0 Å². The molecule has 1 aliphatic carbocycles. The minimum Gasteiger partial charge on any atom is -0.334 e. The molecule has 1 amide bonds. The first-order valence-corrected chi connectivity index (χ1v) is 9.84. The summed E-state index contributed by atoms with van der Waals surface area (Å²) in [5.74, 6) is 0.133. The van der Waals surface area contributed by atoms with Gasteiger partial charge in [-0.15, -0.1) is 0 Å². The summed E-state index contributed by atoms with van der Waals surface area (Å²) < 4.78 is 2.93. The van der Waals surface area contributed by atoms with Crippen LogP contribution in [0.3, 0.4) is 0 Å². The summed E-state index contributed by atoms with van der Waals surface area (Å²) in [5, 5.41) is 0. The molecule has 1 saturated carbocycles. The second-order valence-corrected chi connectivity index (χ2v) is 10.1. The number of aromatic nitrogens is 2. The van der Waals surface area contributed by atoms with Crippen LogP contribution in [0.25, 0.3) is 5.65 Å². The molecule has 2 bridgehead atoms. The van der Waals surface area contributed by atoms with Crippen molar-refractivity contribution in [2.75, 3.05) is 6.54 Å². The Labute approximate surface area is 157 Å². The van der Waals surface area contributed by atoms with Gasteiger partial charge in [-0.1, -0.05) is 20.8 Å². The van der Waals surface area contributed by atoms with Crippen LogP contribution >= 0.6 is 15.9 Å². The molecule has 0 N–H and O–H groups in total. The van der Waals surface area contributed by atoms with Gasteiger partial charge < -0.3 is 4.90 Å². The minimum absolute atomic E-state index is 0.133. The Kier molecular flexibility index (Phi) is 3.63. The SMILES string of the molecule is Cc1nc2c(C)cc(Br)cn2c1C(=O)N1CC2(C)CC1CC(C)(C)C2. The Morgan fingerprint density at radius 1 is 1.28 bits per heavy atom. The molecule has 0 radical (unpaired) electrons. The van der Waals surface area contributed by atoms with Crippen LogP contribution in [-0.4, -0.2) is 32.8 Å². The predicted molar refractivity (Wildman–Crippen MR) is 103 cm³/mol. The zero-order valence-electron chi connectivity index (χ0n) is 15.7. The van der Waals surface area contributed by atoms with E-state index in [4.69, 9.17) is 0 Å². The van der Waals surface area contributed by atoms with Gasteiger partial charge in [0.15, 0.2) is 0 Å². The maximum atomic E-state index is 13.5. The van der Waals surface area contributed by atoms with E-state index in [0.29, 0.717) is 17.2 Å². The van der Waals surface area contributed by atoms with Crippen molar-refractivity contribution >= 4 is 27.5 Å². The molecule has 4 nitrogen and oxygen atoms in total. The van der Waals surface area contributed by atoms with Crippen LogP contribution in [0.1, 0.15) is 61.8 Å². The molecule has 2 aromatic heterocycles. The van der Waals surface area contributed by atoms with Crippen molar-refractivity contribution in [1.82, 2.24) is 14.3 Å². The molecule has 2 aliphatic rings. The lowest BCUT2D eigenvalue weighted by Crippen LogP contribution is -2.38. The number of hydrogen-bond donors (Lipinski definition) is 0. The molecule has 1 aliphatic heterocycles. The smallest absolute Gasteiger partial charge is 0.273 e. The maximum Gasteiger partial charge on any atom is 0.273 e. The number of fused-ring (bicyclic) bond motifs is 3. The zero-order valence-corrected chi connectivity index (χ0v) is 17.3. The van der Waals surface area contributed by atoms with E-state index < -0.39 is 0 Å². The minimum atomic E-state index is 0.133. The molecule has 3 heterocycles. The molecule has 0 spiro atoms. The summed E-state index contributed by atoms with van der Waals surface area (Å²) in [7, 11) is 0. The molecule has 134 valence electrons. The van der Waals surface area contributed by atoms with Gasteiger partial charge in [0.05, 0.1) is 5.69 Å². The number of likely N-dealkylation sites (tertiary alicyclic amines) is 1. The van der Waals surface area contributed by atoms with Crippen molar-refractivity contribution in [2.24, 2.45) is 10.8 Å². The fraction of sp³-hybridized carbons (Fsp3) is 0.600. The summed E-state index contributed by atoms with van der Waals surface area (Å²) in [6.45, 7) is 11.9. The van der Waals surface area contributed by atoms with E-state index in [1.807, 2.05) is 30.5 Å². The summed E-state index contributed by atoms with van der Waals surface area (Å²) in [6.07, 6.45) is 5.37. The molecule has 0 aromatic carbocycles. The highest BCUT2D eigenvalue weighted by atomic mass is 79.9. The molecule has 2 aromatic rings. The normalized spacial score (nSPS) is 27.9. The highest BCUT2D eigenvalue weighted by Gasteiger charge is 2.51. The molecular formula is C20H26BrN3O. The van der Waals surface area contributed by atoms with E-state index in [2.05, 4.69) is 46.6 Å². The number of rotatable bonds is 1. The molecule has 2 atom stereocenters. The second kappa shape index (κ2) is 5.32. The van der Waals surface area contributed by atoms with Gasteiger partial charge in [-0.3, -0.25) is 9.20 Å². The molecule has 5 heteroatoms. The lowest BCUT2D eigenvalue weighted by molar-refractivity contribution is 0.0700. The van der Waals surface area contributed by atoms with Crippen LogP contribution in [0.4, 0.5) is 0 Å². The molecular weight excluding hydrogens is 378 g/mol. The van der Waals surface area contributed by atoms with E-state index in [9.17, 15) is 4.79 Å². The van der Waals surface area contributed by atoms with Crippen molar-refractivity contribution in [1.29, 1.82) is 0 Å². The lowest BCUT2D eigenvalue weighted by atomic mass is 9.65. The molecule has 2 fully saturated rings. The number of carbonyl (C=O) groups excluding carboxylic acids is 1.